The lowest BCUT2D eigenvalue weighted by atomic mass is 10.2. The molecule has 0 aliphatic rings. The Morgan fingerprint density at radius 3 is 2.41 bits per heavy atom. The molecule has 0 aromatic heterocycles. The Morgan fingerprint density at radius 1 is 1.07 bits per heavy atom. The van der Waals surface area contributed by atoms with Crippen LogP contribution in [0.15, 0.2) is 36.4 Å². The fourth-order valence-corrected chi connectivity index (χ4v) is 2.35. The van der Waals surface area contributed by atoms with E-state index in [1.54, 1.807) is 50.4 Å². The highest BCUT2D eigenvalue weighted by molar-refractivity contribution is 5.94. The van der Waals surface area contributed by atoms with Crippen LogP contribution >= 0.6 is 0 Å². The van der Waals surface area contributed by atoms with Crippen LogP contribution in [0.2, 0.25) is 0 Å². The Kier molecular flexibility index (Phi) is 6.89. The summed E-state index contributed by atoms with van der Waals surface area (Å²) < 4.78 is 21.6. The van der Waals surface area contributed by atoms with Gasteiger partial charge in [0.25, 0.3) is 5.91 Å². The number of rotatable bonds is 8. The summed E-state index contributed by atoms with van der Waals surface area (Å²) in [5, 5.41) is 11.8. The Labute approximate surface area is 158 Å². The first-order chi connectivity index (χ1) is 13.0. The summed E-state index contributed by atoms with van der Waals surface area (Å²) in [6, 6.07) is 11.9. The molecule has 0 saturated carbocycles. The van der Waals surface area contributed by atoms with Gasteiger partial charge in [0.15, 0.2) is 29.1 Å². The van der Waals surface area contributed by atoms with Gasteiger partial charge in [-0.1, -0.05) is 0 Å². The van der Waals surface area contributed by atoms with Crippen LogP contribution in [0.3, 0.4) is 0 Å². The van der Waals surface area contributed by atoms with Gasteiger partial charge in [-0.25, -0.2) is 0 Å². The maximum atomic E-state index is 12.5. The number of nitrogens with one attached hydrogen (secondary N) is 1. The van der Waals surface area contributed by atoms with Crippen molar-refractivity contribution in [3.63, 3.8) is 0 Å². The molecule has 27 heavy (non-hydrogen) atoms. The van der Waals surface area contributed by atoms with Gasteiger partial charge in [-0.15, -0.1) is 0 Å². The summed E-state index contributed by atoms with van der Waals surface area (Å²) in [6.45, 7) is 3.87. The molecule has 0 saturated heterocycles. The number of nitrogens with zero attached hydrogens (tertiary/aromatic N) is 1. The molecule has 2 aromatic rings. The van der Waals surface area contributed by atoms with Gasteiger partial charge in [-0.05, 0) is 38.1 Å². The number of methoxy groups -OCH3 is 2. The quantitative estimate of drug-likeness (QED) is 0.766. The minimum atomic E-state index is -0.787. The lowest BCUT2D eigenvalue weighted by Crippen LogP contribution is -2.30. The largest absolute Gasteiger partial charge is 0.493 e. The second-order valence-corrected chi connectivity index (χ2v) is 5.53. The van der Waals surface area contributed by atoms with Crippen molar-refractivity contribution >= 4 is 11.6 Å². The maximum Gasteiger partial charge on any atom is 0.265 e. The molecule has 0 spiro atoms. The lowest BCUT2D eigenvalue weighted by molar-refractivity contribution is -0.122. The molecule has 0 aliphatic carbocycles. The fraction of sp³-hybridized carbons (Fsp3) is 0.300. The number of hydrogen-bond donors (Lipinski definition) is 1. The van der Waals surface area contributed by atoms with Crippen molar-refractivity contribution in [2.75, 3.05) is 26.1 Å². The molecule has 1 amide bonds. The minimum Gasteiger partial charge on any atom is -0.493 e. The van der Waals surface area contributed by atoms with Crippen LogP contribution in [0.5, 0.6) is 23.0 Å². The standard InChI is InChI=1S/C20H22N2O5/c1-5-26-19-10-14(12-21)6-8-17(19)27-13(2)20(23)22-15-7-9-16(24-3)18(11-15)25-4/h6-11,13H,5H2,1-4H3,(H,22,23)/t13-/m0/s1. The van der Waals surface area contributed by atoms with Gasteiger partial charge >= 0.3 is 0 Å². The number of carbonyl (C=O) groups excluding carboxylic acids is 1. The van der Waals surface area contributed by atoms with Gasteiger partial charge in [-0.3, -0.25) is 4.79 Å². The predicted octanol–water partition coefficient (Wildman–Crippen LogP) is 3.38. The first-order valence-electron chi connectivity index (χ1n) is 8.38. The second-order valence-electron chi connectivity index (χ2n) is 5.53. The monoisotopic (exact) mass is 370 g/mol. The van der Waals surface area contributed by atoms with Crippen molar-refractivity contribution < 1.29 is 23.7 Å². The zero-order valence-electron chi connectivity index (χ0n) is 15.7. The van der Waals surface area contributed by atoms with E-state index in [1.807, 2.05) is 13.0 Å². The molecule has 142 valence electrons. The molecule has 0 aliphatic heterocycles. The highest BCUT2D eigenvalue weighted by Gasteiger charge is 2.18. The smallest absolute Gasteiger partial charge is 0.265 e. The molecule has 2 rings (SSSR count). The molecule has 0 radical (unpaired) electrons. The van der Waals surface area contributed by atoms with Crippen molar-refractivity contribution in [2.24, 2.45) is 0 Å². The number of benzene rings is 2. The summed E-state index contributed by atoms with van der Waals surface area (Å²) in [6.07, 6.45) is -0.787. The van der Waals surface area contributed by atoms with Crippen LogP contribution in [0.1, 0.15) is 19.4 Å². The third kappa shape index (κ3) is 5.05. The van der Waals surface area contributed by atoms with E-state index in [2.05, 4.69) is 5.32 Å². The number of carbonyl (C=O) groups is 1. The molecular weight excluding hydrogens is 348 g/mol. The molecule has 0 fully saturated rings. The molecule has 1 atom stereocenters. The Hall–Kier alpha value is -3.40. The summed E-state index contributed by atoms with van der Waals surface area (Å²) >= 11 is 0. The van der Waals surface area contributed by atoms with Crippen LogP contribution in [0, 0.1) is 11.3 Å². The van der Waals surface area contributed by atoms with Gasteiger partial charge in [-0.2, -0.15) is 5.26 Å². The molecule has 2 aromatic carbocycles. The number of amides is 1. The lowest BCUT2D eigenvalue weighted by Gasteiger charge is -2.18. The number of anilines is 1. The Morgan fingerprint density at radius 2 is 1.78 bits per heavy atom. The summed E-state index contributed by atoms with van der Waals surface area (Å²) in [7, 11) is 3.06. The highest BCUT2D eigenvalue weighted by Crippen LogP contribution is 2.31. The Balaban J connectivity index is 2.11. The molecule has 7 nitrogen and oxygen atoms in total. The predicted molar refractivity (Wildman–Crippen MR) is 101 cm³/mol. The first-order valence-corrected chi connectivity index (χ1v) is 8.38. The van der Waals surface area contributed by atoms with Crippen molar-refractivity contribution in [3.8, 4) is 29.1 Å². The summed E-state index contributed by atoms with van der Waals surface area (Å²) in [4.78, 5) is 12.5. The van der Waals surface area contributed by atoms with Crippen molar-refractivity contribution in [1.82, 2.24) is 0 Å². The first kappa shape index (κ1) is 19.9. The van der Waals surface area contributed by atoms with Gasteiger partial charge in [0.1, 0.15) is 0 Å². The topological polar surface area (TPSA) is 89.8 Å². The third-order valence-electron chi connectivity index (χ3n) is 3.70. The highest BCUT2D eigenvalue weighted by atomic mass is 16.5. The zero-order chi connectivity index (χ0) is 19.8. The minimum absolute atomic E-state index is 0.339. The number of hydrogen-bond acceptors (Lipinski definition) is 6. The SMILES string of the molecule is CCOc1cc(C#N)ccc1O[C@@H](C)C(=O)Nc1ccc(OC)c(OC)c1. The van der Waals surface area contributed by atoms with Crippen molar-refractivity contribution in [2.45, 2.75) is 20.0 Å². The van der Waals surface area contributed by atoms with Gasteiger partial charge in [0, 0.05) is 17.8 Å². The fourth-order valence-electron chi connectivity index (χ4n) is 2.35. The average molecular weight is 370 g/mol. The van der Waals surface area contributed by atoms with Crippen LogP contribution in [0.25, 0.3) is 0 Å². The van der Waals surface area contributed by atoms with Crippen molar-refractivity contribution in [3.05, 3.63) is 42.0 Å². The Bertz CT molecular complexity index is 845. The van der Waals surface area contributed by atoms with E-state index in [1.165, 1.54) is 7.11 Å². The van der Waals surface area contributed by atoms with Gasteiger partial charge in [0.05, 0.1) is 32.5 Å². The van der Waals surface area contributed by atoms with Crippen LogP contribution < -0.4 is 24.3 Å². The van der Waals surface area contributed by atoms with Crippen molar-refractivity contribution in [1.29, 1.82) is 5.26 Å². The average Bonchev–Trinajstić information content (AvgIpc) is 2.69. The van der Waals surface area contributed by atoms with Gasteiger partial charge < -0.3 is 24.3 Å². The number of ether oxygens (including phenoxy) is 4. The van der Waals surface area contributed by atoms with E-state index in [0.29, 0.717) is 40.9 Å². The van der Waals surface area contributed by atoms with E-state index in [9.17, 15) is 4.79 Å². The molecule has 0 bridgehead atoms. The zero-order valence-corrected chi connectivity index (χ0v) is 15.7. The van der Waals surface area contributed by atoms with Crippen LogP contribution in [0.4, 0.5) is 5.69 Å². The summed E-state index contributed by atoms with van der Waals surface area (Å²) in [5.41, 5.74) is 1.01. The van der Waals surface area contributed by atoms with E-state index >= 15 is 0 Å². The normalized spacial score (nSPS) is 11.1. The van der Waals surface area contributed by atoms with Crippen LogP contribution in [-0.4, -0.2) is 32.8 Å². The third-order valence-corrected chi connectivity index (χ3v) is 3.70. The molecule has 0 unspecified atom stereocenters. The molecule has 7 heteroatoms. The number of nitriles is 1. The summed E-state index contributed by atoms with van der Waals surface area (Å²) in [5.74, 6) is 1.55. The molecule has 0 heterocycles. The second kappa shape index (κ2) is 9.34. The van der Waals surface area contributed by atoms with E-state index in [-0.39, 0.29) is 5.91 Å². The van der Waals surface area contributed by atoms with Crippen LogP contribution in [-0.2, 0) is 4.79 Å². The van der Waals surface area contributed by atoms with E-state index in [4.69, 9.17) is 24.2 Å². The van der Waals surface area contributed by atoms with Gasteiger partial charge in [0.2, 0.25) is 0 Å². The molecule has 1 N–H and O–H groups in total. The maximum absolute atomic E-state index is 12.5. The molecular formula is C20H22N2O5. The van der Waals surface area contributed by atoms with E-state index in [0.717, 1.165) is 0 Å². The van der Waals surface area contributed by atoms with E-state index < -0.39 is 6.10 Å².